The molecule has 1 fully saturated rings. The fraction of sp³-hybridized carbons (Fsp3) is 0.379. The van der Waals surface area contributed by atoms with Crippen molar-refractivity contribution in [3.63, 3.8) is 0 Å². The molecular formula is C29H36N2O. The van der Waals surface area contributed by atoms with Gasteiger partial charge in [0.25, 0.3) is 0 Å². The van der Waals surface area contributed by atoms with Crippen LogP contribution in [0.1, 0.15) is 56.2 Å². The van der Waals surface area contributed by atoms with E-state index in [0.717, 1.165) is 30.8 Å². The highest BCUT2D eigenvalue weighted by Crippen LogP contribution is 2.36. The van der Waals surface area contributed by atoms with E-state index in [1.165, 1.54) is 16.7 Å². The lowest BCUT2D eigenvalue weighted by atomic mass is 9.79. The van der Waals surface area contributed by atoms with Crippen LogP contribution in [0.5, 0.6) is 5.75 Å². The molecule has 1 aliphatic rings. The third-order valence-corrected chi connectivity index (χ3v) is 6.59. The maximum atomic E-state index is 5.74. The van der Waals surface area contributed by atoms with Gasteiger partial charge in [-0.2, -0.15) is 0 Å². The van der Waals surface area contributed by atoms with Crippen LogP contribution in [0.4, 0.5) is 5.69 Å². The number of ether oxygens (including phenoxy) is 1. The first-order valence-electron chi connectivity index (χ1n) is 11.8. The molecule has 2 N–H and O–H groups in total. The maximum absolute atomic E-state index is 5.74. The Morgan fingerprint density at radius 1 is 0.906 bits per heavy atom. The minimum Gasteiger partial charge on any atom is -0.495 e. The fourth-order valence-electron chi connectivity index (χ4n) is 4.84. The number of nitrogens with one attached hydrogen (secondary N) is 2. The van der Waals surface area contributed by atoms with Gasteiger partial charge in [-0.3, -0.25) is 0 Å². The van der Waals surface area contributed by atoms with Crippen molar-refractivity contribution in [2.75, 3.05) is 19.0 Å². The highest BCUT2D eigenvalue weighted by Gasteiger charge is 2.34. The van der Waals surface area contributed by atoms with E-state index in [1.54, 1.807) is 7.11 Å². The van der Waals surface area contributed by atoms with Gasteiger partial charge in [0.1, 0.15) is 5.75 Å². The van der Waals surface area contributed by atoms with Gasteiger partial charge in [0, 0.05) is 18.0 Å². The van der Waals surface area contributed by atoms with E-state index in [9.17, 15) is 0 Å². The summed E-state index contributed by atoms with van der Waals surface area (Å²) in [7, 11) is 1.75. The van der Waals surface area contributed by atoms with Crippen LogP contribution in [-0.4, -0.2) is 25.7 Å². The van der Waals surface area contributed by atoms with Gasteiger partial charge in [-0.15, -0.1) is 0 Å². The summed E-state index contributed by atoms with van der Waals surface area (Å²) >= 11 is 0. The summed E-state index contributed by atoms with van der Waals surface area (Å²) in [5.74, 6) is 1.17. The molecule has 1 saturated heterocycles. The van der Waals surface area contributed by atoms with Crippen molar-refractivity contribution >= 4 is 5.69 Å². The molecular weight excluding hydrogens is 392 g/mol. The molecule has 0 radical (unpaired) electrons. The van der Waals surface area contributed by atoms with E-state index in [2.05, 4.69) is 110 Å². The summed E-state index contributed by atoms with van der Waals surface area (Å²) in [5, 5.41) is 7.76. The van der Waals surface area contributed by atoms with Gasteiger partial charge in [0.2, 0.25) is 0 Å². The van der Waals surface area contributed by atoms with Gasteiger partial charge in [0.05, 0.1) is 12.8 Å². The average Bonchev–Trinajstić information content (AvgIpc) is 2.81. The van der Waals surface area contributed by atoms with Crippen molar-refractivity contribution in [3.8, 4) is 5.75 Å². The Morgan fingerprint density at radius 2 is 1.53 bits per heavy atom. The van der Waals surface area contributed by atoms with E-state index in [0.29, 0.717) is 6.04 Å². The highest BCUT2D eigenvalue weighted by molar-refractivity contribution is 5.60. The molecule has 168 valence electrons. The summed E-state index contributed by atoms with van der Waals surface area (Å²) < 4.78 is 5.74. The fourth-order valence-corrected chi connectivity index (χ4v) is 4.84. The summed E-state index contributed by atoms with van der Waals surface area (Å²) in [4.78, 5) is 0. The molecule has 2 atom stereocenters. The molecule has 0 bridgehead atoms. The smallest absolute Gasteiger partial charge is 0.141 e. The van der Waals surface area contributed by atoms with Crippen LogP contribution in [0, 0.1) is 0 Å². The lowest BCUT2D eigenvalue weighted by Gasteiger charge is -2.40. The zero-order chi connectivity index (χ0) is 22.6. The molecule has 1 heterocycles. The monoisotopic (exact) mass is 428 g/mol. The topological polar surface area (TPSA) is 33.3 Å². The molecule has 1 aliphatic heterocycles. The van der Waals surface area contributed by atoms with Crippen LogP contribution in [0.2, 0.25) is 0 Å². The third-order valence-electron chi connectivity index (χ3n) is 6.59. The van der Waals surface area contributed by atoms with Crippen molar-refractivity contribution in [2.45, 2.75) is 57.0 Å². The Morgan fingerprint density at radius 3 is 2.09 bits per heavy atom. The number of piperidine rings is 1. The van der Waals surface area contributed by atoms with E-state index >= 15 is 0 Å². The normalized spacial score (nSPS) is 19.0. The Balaban J connectivity index is 1.71. The second-order valence-corrected chi connectivity index (χ2v) is 9.84. The molecule has 0 aliphatic carbocycles. The van der Waals surface area contributed by atoms with Crippen LogP contribution in [0.3, 0.4) is 0 Å². The van der Waals surface area contributed by atoms with Gasteiger partial charge < -0.3 is 15.4 Å². The molecule has 0 saturated carbocycles. The molecule has 0 aromatic heterocycles. The average molecular weight is 429 g/mol. The Hall–Kier alpha value is -2.78. The van der Waals surface area contributed by atoms with Gasteiger partial charge in [-0.25, -0.2) is 0 Å². The SMILES string of the molecule is COc1ccc(C(C)(C)C)cc1N[C@H]1CCCN[C@H]1C(c1ccccc1)c1ccccc1. The van der Waals surface area contributed by atoms with Crippen LogP contribution in [0.25, 0.3) is 0 Å². The largest absolute Gasteiger partial charge is 0.495 e. The lowest BCUT2D eigenvalue weighted by molar-refractivity contribution is 0.340. The van der Waals surface area contributed by atoms with Crippen molar-refractivity contribution in [1.29, 1.82) is 0 Å². The quantitative estimate of drug-likeness (QED) is 0.479. The van der Waals surface area contributed by atoms with Crippen LogP contribution < -0.4 is 15.4 Å². The number of rotatable bonds is 6. The van der Waals surface area contributed by atoms with Gasteiger partial charge in [-0.1, -0.05) is 87.5 Å². The summed E-state index contributed by atoms with van der Waals surface area (Å²) in [5.41, 5.74) is 5.17. The number of hydrogen-bond donors (Lipinski definition) is 2. The molecule has 4 rings (SSSR count). The zero-order valence-corrected chi connectivity index (χ0v) is 19.8. The maximum Gasteiger partial charge on any atom is 0.141 e. The first kappa shape index (κ1) is 22.4. The summed E-state index contributed by atoms with van der Waals surface area (Å²) in [6, 6.07) is 28.9. The molecule has 0 spiro atoms. The minimum absolute atomic E-state index is 0.0868. The second-order valence-electron chi connectivity index (χ2n) is 9.84. The molecule has 0 amide bonds. The van der Waals surface area contributed by atoms with Gasteiger partial charge >= 0.3 is 0 Å². The zero-order valence-electron chi connectivity index (χ0n) is 19.8. The molecule has 3 aromatic carbocycles. The number of benzene rings is 3. The summed E-state index contributed by atoms with van der Waals surface area (Å²) in [6.45, 7) is 7.80. The lowest BCUT2D eigenvalue weighted by Crippen LogP contribution is -2.52. The standard InChI is InChI=1S/C29H36N2O/c1-29(2,3)23-17-18-26(32-4)25(20-23)31-24-16-11-19-30-28(24)27(21-12-7-5-8-13-21)22-14-9-6-10-15-22/h5-10,12-15,17-18,20,24,27-28,30-31H,11,16,19H2,1-4H3/t24-,28+/m0/s1. The number of anilines is 1. The first-order chi connectivity index (χ1) is 15.5. The van der Waals surface area contributed by atoms with Crippen LogP contribution in [0.15, 0.2) is 78.9 Å². The molecule has 3 heteroatoms. The first-order valence-corrected chi connectivity index (χ1v) is 11.8. The van der Waals surface area contributed by atoms with E-state index in [1.807, 2.05) is 0 Å². The van der Waals surface area contributed by atoms with Gasteiger partial charge in [-0.05, 0) is 53.6 Å². The summed E-state index contributed by atoms with van der Waals surface area (Å²) in [6.07, 6.45) is 2.28. The third kappa shape index (κ3) is 4.99. The number of hydrogen-bond acceptors (Lipinski definition) is 3. The van der Waals surface area contributed by atoms with E-state index < -0.39 is 0 Å². The van der Waals surface area contributed by atoms with Crippen LogP contribution >= 0.6 is 0 Å². The molecule has 3 aromatic rings. The van der Waals surface area contributed by atoms with Crippen molar-refractivity contribution in [3.05, 3.63) is 95.6 Å². The van der Waals surface area contributed by atoms with Crippen molar-refractivity contribution < 1.29 is 4.74 Å². The predicted molar refractivity (Wildman–Crippen MR) is 135 cm³/mol. The van der Waals surface area contributed by atoms with Crippen molar-refractivity contribution in [2.24, 2.45) is 0 Å². The van der Waals surface area contributed by atoms with Gasteiger partial charge in [0.15, 0.2) is 0 Å². The predicted octanol–water partition coefficient (Wildman–Crippen LogP) is 6.36. The Labute approximate surface area is 193 Å². The Kier molecular flexibility index (Phi) is 6.86. The van der Waals surface area contributed by atoms with Crippen molar-refractivity contribution in [1.82, 2.24) is 5.32 Å². The Bertz CT molecular complexity index is 955. The van der Waals surface area contributed by atoms with Crippen LogP contribution in [-0.2, 0) is 5.41 Å². The minimum atomic E-state index is 0.0868. The van der Waals surface area contributed by atoms with E-state index in [-0.39, 0.29) is 17.4 Å². The number of methoxy groups -OCH3 is 1. The molecule has 3 nitrogen and oxygen atoms in total. The highest BCUT2D eigenvalue weighted by atomic mass is 16.5. The van der Waals surface area contributed by atoms with E-state index in [4.69, 9.17) is 4.74 Å². The second kappa shape index (κ2) is 9.79. The molecule has 32 heavy (non-hydrogen) atoms. The molecule has 0 unspecified atom stereocenters.